The summed E-state index contributed by atoms with van der Waals surface area (Å²) in [4.78, 5) is 12.6. The Kier molecular flexibility index (Phi) is 3.69. The molecule has 4 heteroatoms. The summed E-state index contributed by atoms with van der Waals surface area (Å²) in [5.74, 6) is 0.701. The summed E-state index contributed by atoms with van der Waals surface area (Å²) in [6, 6.07) is 17.0. The van der Waals surface area contributed by atoms with Crippen LogP contribution in [0.15, 0.2) is 59.7 Å². The highest BCUT2D eigenvalue weighted by molar-refractivity contribution is 6.48. The molecule has 0 radical (unpaired) electrons. The van der Waals surface area contributed by atoms with Crippen LogP contribution in [-0.4, -0.2) is 25.1 Å². The van der Waals surface area contributed by atoms with Crippen molar-refractivity contribution < 1.29 is 9.53 Å². The van der Waals surface area contributed by atoms with Crippen molar-refractivity contribution in [2.24, 2.45) is 5.10 Å². The maximum atomic E-state index is 12.6. The number of Topliss-reactive ketones (excluding diaryl/α,β-unsaturated/α-hetero) is 1. The molecule has 0 aromatic heterocycles. The van der Waals surface area contributed by atoms with Gasteiger partial charge in [0.05, 0.1) is 13.0 Å². The predicted octanol–water partition coefficient (Wildman–Crippen LogP) is 2.62. The largest absolute Gasteiger partial charge is 0.497 e. The van der Waals surface area contributed by atoms with Gasteiger partial charge in [0, 0.05) is 12.1 Å². The fraction of sp³-hybridized carbons (Fsp3) is 0.176. The first-order chi connectivity index (χ1) is 10.3. The number of rotatable bonds is 4. The van der Waals surface area contributed by atoms with Crippen LogP contribution in [0.1, 0.15) is 21.8 Å². The van der Waals surface area contributed by atoms with Gasteiger partial charge in [0.1, 0.15) is 11.5 Å². The fourth-order valence-electron chi connectivity index (χ4n) is 2.48. The van der Waals surface area contributed by atoms with Crippen LogP contribution in [-0.2, 0) is 0 Å². The Labute approximate surface area is 123 Å². The van der Waals surface area contributed by atoms with Crippen LogP contribution in [0.3, 0.4) is 0 Å². The zero-order valence-electron chi connectivity index (χ0n) is 11.7. The molecular formula is C17H16N2O2. The molecule has 1 atom stereocenters. The summed E-state index contributed by atoms with van der Waals surface area (Å²) < 4.78 is 5.25. The lowest BCUT2D eigenvalue weighted by Crippen LogP contribution is -2.21. The minimum atomic E-state index is -0.0483. The summed E-state index contributed by atoms with van der Waals surface area (Å²) in [5, 5.41) is 4.20. The lowest BCUT2D eigenvalue weighted by molar-refractivity contribution is 0.106. The molecule has 106 valence electrons. The van der Waals surface area contributed by atoms with E-state index in [1.165, 1.54) is 0 Å². The van der Waals surface area contributed by atoms with E-state index in [4.69, 9.17) is 4.74 Å². The Morgan fingerprint density at radius 3 is 2.76 bits per heavy atom. The van der Waals surface area contributed by atoms with Crippen molar-refractivity contribution in [1.29, 1.82) is 0 Å². The van der Waals surface area contributed by atoms with Gasteiger partial charge in [-0.15, -0.1) is 0 Å². The molecule has 4 nitrogen and oxygen atoms in total. The van der Waals surface area contributed by atoms with Crippen molar-refractivity contribution >= 4 is 11.5 Å². The third-order valence-corrected chi connectivity index (χ3v) is 3.59. The molecule has 0 saturated heterocycles. The predicted molar refractivity (Wildman–Crippen MR) is 81.9 cm³/mol. The van der Waals surface area contributed by atoms with Crippen molar-refractivity contribution in [2.75, 3.05) is 13.7 Å². The highest BCUT2D eigenvalue weighted by Gasteiger charge is 2.29. The van der Waals surface area contributed by atoms with Crippen molar-refractivity contribution in [3.8, 4) is 5.75 Å². The van der Waals surface area contributed by atoms with E-state index in [9.17, 15) is 4.79 Å². The van der Waals surface area contributed by atoms with Crippen LogP contribution < -0.4 is 10.2 Å². The summed E-state index contributed by atoms with van der Waals surface area (Å²) in [6.07, 6.45) is 0. The van der Waals surface area contributed by atoms with Gasteiger partial charge in [-0.2, -0.15) is 5.10 Å². The SMILES string of the molecule is COc1cccc(C2CNN=C2C(=O)c2ccccc2)c1. The van der Waals surface area contributed by atoms with Gasteiger partial charge in [0.2, 0.25) is 5.78 Å². The van der Waals surface area contributed by atoms with E-state index in [1.807, 2.05) is 54.6 Å². The first kappa shape index (κ1) is 13.4. The van der Waals surface area contributed by atoms with Gasteiger partial charge in [-0.25, -0.2) is 0 Å². The van der Waals surface area contributed by atoms with E-state index in [2.05, 4.69) is 10.5 Å². The number of ketones is 1. The summed E-state index contributed by atoms with van der Waals surface area (Å²) >= 11 is 0. The van der Waals surface area contributed by atoms with Crippen LogP contribution in [0.25, 0.3) is 0 Å². The molecule has 1 unspecified atom stereocenters. The van der Waals surface area contributed by atoms with Gasteiger partial charge in [-0.1, -0.05) is 42.5 Å². The zero-order chi connectivity index (χ0) is 14.7. The molecule has 21 heavy (non-hydrogen) atoms. The van der Waals surface area contributed by atoms with Gasteiger partial charge < -0.3 is 10.2 Å². The Balaban J connectivity index is 1.90. The molecule has 3 rings (SSSR count). The number of ether oxygens (including phenoxy) is 1. The third kappa shape index (κ3) is 2.65. The smallest absolute Gasteiger partial charge is 0.209 e. The average molecular weight is 280 g/mol. The molecule has 0 saturated carbocycles. The minimum Gasteiger partial charge on any atom is -0.497 e. The van der Waals surface area contributed by atoms with Crippen molar-refractivity contribution in [3.05, 3.63) is 65.7 Å². The second-order valence-electron chi connectivity index (χ2n) is 4.88. The van der Waals surface area contributed by atoms with Gasteiger partial charge >= 0.3 is 0 Å². The Morgan fingerprint density at radius 2 is 2.00 bits per heavy atom. The van der Waals surface area contributed by atoms with Gasteiger partial charge in [-0.05, 0) is 17.7 Å². The van der Waals surface area contributed by atoms with Crippen LogP contribution in [0, 0.1) is 0 Å². The lowest BCUT2D eigenvalue weighted by atomic mass is 9.90. The summed E-state index contributed by atoms with van der Waals surface area (Å²) in [5.41, 5.74) is 5.18. The van der Waals surface area contributed by atoms with Crippen molar-refractivity contribution in [1.82, 2.24) is 5.43 Å². The highest BCUT2D eigenvalue weighted by Crippen LogP contribution is 2.25. The first-order valence-electron chi connectivity index (χ1n) is 6.83. The number of hydrogen-bond acceptors (Lipinski definition) is 4. The molecule has 1 aliphatic rings. The second kappa shape index (κ2) is 5.79. The molecule has 1 N–H and O–H groups in total. The van der Waals surface area contributed by atoms with Crippen LogP contribution >= 0.6 is 0 Å². The van der Waals surface area contributed by atoms with Gasteiger partial charge in [0.25, 0.3) is 0 Å². The number of carbonyl (C=O) groups is 1. The molecule has 2 aromatic rings. The normalized spacial score (nSPS) is 17.0. The monoisotopic (exact) mass is 280 g/mol. The minimum absolute atomic E-state index is 0.0339. The topological polar surface area (TPSA) is 50.7 Å². The van der Waals surface area contributed by atoms with E-state index in [0.717, 1.165) is 11.3 Å². The van der Waals surface area contributed by atoms with Crippen molar-refractivity contribution in [2.45, 2.75) is 5.92 Å². The number of nitrogens with one attached hydrogen (secondary N) is 1. The van der Waals surface area contributed by atoms with Gasteiger partial charge in [-0.3, -0.25) is 4.79 Å². The number of nitrogens with zero attached hydrogens (tertiary/aromatic N) is 1. The summed E-state index contributed by atoms with van der Waals surface area (Å²) in [6.45, 7) is 0.626. The molecule has 0 spiro atoms. The Hall–Kier alpha value is -2.62. The molecule has 0 amide bonds. The zero-order valence-corrected chi connectivity index (χ0v) is 11.7. The van der Waals surface area contributed by atoms with E-state index in [1.54, 1.807) is 7.11 Å². The average Bonchev–Trinajstić information content (AvgIpc) is 3.04. The second-order valence-corrected chi connectivity index (χ2v) is 4.88. The number of hydrazone groups is 1. The number of hydrogen-bond donors (Lipinski definition) is 1. The number of carbonyl (C=O) groups excluding carboxylic acids is 1. The molecule has 0 bridgehead atoms. The maximum absolute atomic E-state index is 12.6. The van der Waals surface area contributed by atoms with Crippen molar-refractivity contribution in [3.63, 3.8) is 0 Å². The Morgan fingerprint density at radius 1 is 1.19 bits per heavy atom. The van der Waals surface area contributed by atoms with Gasteiger partial charge in [0.15, 0.2) is 0 Å². The highest BCUT2D eigenvalue weighted by atomic mass is 16.5. The van der Waals surface area contributed by atoms with Crippen LogP contribution in [0.5, 0.6) is 5.75 Å². The lowest BCUT2D eigenvalue weighted by Gasteiger charge is -2.12. The molecule has 1 heterocycles. The Bertz CT molecular complexity index is 680. The molecule has 1 aliphatic heterocycles. The van der Waals surface area contributed by atoms with Crippen LogP contribution in [0.2, 0.25) is 0 Å². The quantitative estimate of drug-likeness (QED) is 0.876. The maximum Gasteiger partial charge on any atom is 0.209 e. The fourth-order valence-corrected chi connectivity index (χ4v) is 2.48. The first-order valence-corrected chi connectivity index (χ1v) is 6.83. The van der Waals surface area contributed by atoms with E-state index < -0.39 is 0 Å². The van der Waals surface area contributed by atoms with Crippen LogP contribution in [0.4, 0.5) is 0 Å². The number of methoxy groups -OCH3 is 1. The van der Waals surface area contributed by atoms with E-state index in [-0.39, 0.29) is 11.7 Å². The summed E-state index contributed by atoms with van der Waals surface area (Å²) in [7, 11) is 1.64. The van der Waals surface area contributed by atoms with E-state index in [0.29, 0.717) is 17.8 Å². The molecule has 2 aromatic carbocycles. The standard InChI is InChI=1S/C17H16N2O2/c1-21-14-9-5-8-13(10-14)15-11-18-19-16(15)17(20)12-6-3-2-4-7-12/h2-10,15,18H,11H2,1H3. The molecule has 0 aliphatic carbocycles. The molecular weight excluding hydrogens is 264 g/mol. The van der Waals surface area contributed by atoms with E-state index >= 15 is 0 Å². The third-order valence-electron chi connectivity index (χ3n) is 3.59. The molecule has 0 fully saturated rings. The number of benzene rings is 2.